The molecule has 3 rings (SSSR count). The highest BCUT2D eigenvalue weighted by atomic mass is 32.2. The largest absolute Gasteiger partial charge is 0.352 e. The van der Waals surface area contributed by atoms with Crippen LogP contribution in [0.1, 0.15) is 28.9 Å². The van der Waals surface area contributed by atoms with Gasteiger partial charge in [-0.25, -0.2) is 14.6 Å². The third-order valence-corrected chi connectivity index (χ3v) is 4.88. The fraction of sp³-hybridized carbons (Fsp3) is 0.300. The van der Waals surface area contributed by atoms with Crippen molar-refractivity contribution in [2.24, 2.45) is 0 Å². The van der Waals surface area contributed by atoms with E-state index in [4.69, 9.17) is 0 Å². The molecular formula is C20H23N5OS. The van der Waals surface area contributed by atoms with E-state index in [1.807, 2.05) is 56.6 Å². The maximum Gasteiger partial charge on any atom is 0.220 e. The molecule has 0 saturated heterocycles. The Morgan fingerprint density at radius 1 is 1.15 bits per heavy atom. The lowest BCUT2D eigenvalue weighted by Crippen LogP contribution is -2.23. The van der Waals surface area contributed by atoms with Crippen LogP contribution >= 0.6 is 11.8 Å². The molecule has 1 N–H and O–H groups in total. The fourth-order valence-electron chi connectivity index (χ4n) is 2.86. The number of aryl methyl sites for hydroxylation is 2. The minimum absolute atomic E-state index is 0.00945. The second-order valence-electron chi connectivity index (χ2n) is 6.27. The smallest absolute Gasteiger partial charge is 0.220 e. The van der Waals surface area contributed by atoms with Crippen molar-refractivity contribution in [3.8, 4) is 5.69 Å². The van der Waals surface area contributed by atoms with Crippen molar-refractivity contribution < 1.29 is 4.79 Å². The van der Waals surface area contributed by atoms with E-state index < -0.39 is 0 Å². The average molecular weight is 382 g/mol. The highest BCUT2D eigenvalue weighted by Crippen LogP contribution is 2.17. The van der Waals surface area contributed by atoms with E-state index in [1.54, 1.807) is 10.9 Å². The summed E-state index contributed by atoms with van der Waals surface area (Å²) in [7, 11) is 0. The molecule has 0 atom stereocenters. The van der Waals surface area contributed by atoms with Crippen molar-refractivity contribution in [3.63, 3.8) is 0 Å². The van der Waals surface area contributed by atoms with Crippen LogP contribution in [0.2, 0.25) is 0 Å². The van der Waals surface area contributed by atoms with Gasteiger partial charge in [-0.2, -0.15) is 5.10 Å². The number of benzene rings is 1. The Kier molecular flexibility index (Phi) is 6.24. The topological polar surface area (TPSA) is 72.7 Å². The summed E-state index contributed by atoms with van der Waals surface area (Å²) in [6.45, 7) is 4.41. The number of carbonyl (C=O) groups is 1. The third kappa shape index (κ3) is 4.95. The Morgan fingerprint density at radius 3 is 2.52 bits per heavy atom. The van der Waals surface area contributed by atoms with Crippen LogP contribution in [-0.2, 0) is 17.8 Å². The van der Waals surface area contributed by atoms with Crippen molar-refractivity contribution in [1.29, 1.82) is 0 Å². The molecule has 1 aromatic carbocycles. The number of aromatic nitrogens is 4. The van der Waals surface area contributed by atoms with Crippen molar-refractivity contribution in [2.45, 2.75) is 38.4 Å². The summed E-state index contributed by atoms with van der Waals surface area (Å²) in [5.74, 6) is 0.00945. The third-order valence-electron chi connectivity index (χ3n) is 4.33. The molecule has 7 heteroatoms. The second-order valence-corrected chi connectivity index (χ2v) is 7.04. The molecule has 2 aromatic heterocycles. The number of nitrogens with zero attached hydrogens (tertiary/aromatic N) is 4. The van der Waals surface area contributed by atoms with Gasteiger partial charge in [0.2, 0.25) is 5.91 Å². The van der Waals surface area contributed by atoms with E-state index >= 15 is 0 Å². The summed E-state index contributed by atoms with van der Waals surface area (Å²) in [5.41, 5.74) is 4.91. The first-order chi connectivity index (χ1) is 13.1. The number of hydrogen-bond acceptors (Lipinski definition) is 5. The van der Waals surface area contributed by atoms with Crippen LogP contribution in [0.3, 0.4) is 0 Å². The number of hydrogen-bond donors (Lipinski definition) is 1. The van der Waals surface area contributed by atoms with Gasteiger partial charge in [-0.15, -0.1) is 0 Å². The molecule has 0 spiro atoms. The normalized spacial score (nSPS) is 10.8. The van der Waals surface area contributed by atoms with E-state index in [-0.39, 0.29) is 5.91 Å². The predicted octanol–water partition coefficient (Wildman–Crippen LogP) is 3.25. The standard InChI is InChI=1S/C20H23N5OS/c1-14-18(15(2)24-20(23-14)27-3)9-10-19(26)21-11-16-12-22-25(13-16)17-7-5-4-6-8-17/h4-8,12-13H,9-11H2,1-3H3,(H,21,26). The van der Waals surface area contributed by atoms with Crippen molar-refractivity contribution >= 4 is 17.7 Å². The van der Waals surface area contributed by atoms with Crippen LogP contribution in [0.25, 0.3) is 5.69 Å². The average Bonchev–Trinajstić information content (AvgIpc) is 3.15. The molecule has 0 aliphatic rings. The Hall–Kier alpha value is -2.67. The minimum Gasteiger partial charge on any atom is -0.352 e. The summed E-state index contributed by atoms with van der Waals surface area (Å²) in [4.78, 5) is 21.2. The molecule has 0 saturated carbocycles. The number of para-hydroxylation sites is 1. The predicted molar refractivity (Wildman–Crippen MR) is 107 cm³/mol. The second kappa shape index (κ2) is 8.81. The first-order valence-electron chi connectivity index (χ1n) is 8.80. The first kappa shape index (κ1) is 19.1. The van der Waals surface area contributed by atoms with Gasteiger partial charge in [0.1, 0.15) is 0 Å². The van der Waals surface area contributed by atoms with E-state index in [9.17, 15) is 4.79 Å². The zero-order valence-electron chi connectivity index (χ0n) is 15.8. The molecule has 6 nitrogen and oxygen atoms in total. The van der Waals surface area contributed by atoms with Gasteiger partial charge in [0, 0.05) is 36.1 Å². The lowest BCUT2D eigenvalue weighted by molar-refractivity contribution is -0.121. The molecule has 0 radical (unpaired) electrons. The Balaban J connectivity index is 1.53. The summed E-state index contributed by atoms with van der Waals surface area (Å²) in [6, 6.07) is 9.89. The number of rotatable bonds is 7. The highest BCUT2D eigenvalue weighted by Gasteiger charge is 2.11. The van der Waals surface area contributed by atoms with Gasteiger partial charge in [-0.3, -0.25) is 4.79 Å². The Labute approximate surface area is 163 Å². The van der Waals surface area contributed by atoms with Gasteiger partial charge >= 0.3 is 0 Å². The molecule has 2 heterocycles. The molecular weight excluding hydrogens is 358 g/mol. The van der Waals surface area contributed by atoms with Crippen LogP contribution in [0.4, 0.5) is 0 Å². The summed E-state index contributed by atoms with van der Waals surface area (Å²) in [6.07, 6.45) is 6.72. The first-order valence-corrected chi connectivity index (χ1v) is 10.0. The molecule has 140 valence electrons. The maximum atomic E-state index is 12.2. The maximum absolute atomic E-state index is 12.2. The monoisotopic (exact) mass is 381 g/mol. The Bertz CT molecular complexity index is 900. The van der Waals surface area contributed by atoms with Gasteiger partial charge in [-0.05, 0) is 44.2 Å². The van der Waals surface area contributed by atoms with Crippen molar-refractivity contribution in [1.82, 2.24) is 25.1 Å². The summed E-state index contributed by atoms with van der Waals surface area (Å²) < 4.78 is 1.80. The number of carbonyl (C=O) groups excluding carboxylic acids is 1. The van der Waals surface area contributed by atoms with E-state index in [2.05, 4.69) is 20.4 Å². The lowest BCUT2D eigenvalue weighted by Gasteiger charge is -2.10. The number of thioether (sulfide) groups is 1. The van der Waals surface area contributed by atoms with Gasteiger partial charge in [0.05, 0.1) is 11.9 Å². The van der Waals surface area contributed by atoms with Gasteiger partial charge in [0.25, 0.3) is 0 Å². The van der Waals surface area contributed by atoms with E-state index in [0.717, 1.165) is 33.4 Å². The number of nitrogens with one attached hydrogen (secondary N) is 1. The quantitative estimate of drug-likeness (QED) is 0.502. The molecule has 0 fully saturated rings. The summed E-state index contributed by atoms with van der Waals surface area (Å²) >= 11 is 1.53. The lowest BCUT2D eigenvalue weighted by atomic mass is 10.1. The highest BCUT2D eigenvalue weighted by molar-refractivity contribution is 7.98. The van der Waals surface area contributed by atoms with Gasteiger partial charge in [0.15, 0.2) is 5.16 Å². The number of amides is 1. The molecule has 0 unspecified atom stereocenters. The van der Waals surface area contributed by atoms with E-state index in [0.29, 0.717) is 19.4 Å². The molecule has 1 amide bonds. The van der Waals surface area contributed by atoms with E-state index in [1.165, 1.54) is 11.8 Å². The van der Waals surface area contributed by atoms with Crippen LogP contribution < -0.4 is 5.32 Å². The van der Waals surface area contributed by atoms with Crippen molar-refractivity contribution in [3.05, 3.63) is 65.2 Å². The fourth-order valence-corrected chi connectivity index (χ4v) is 3.32. The van der Waals surface area contributed by atoms with Crippen molar-refractivity contribution in [2.75, 3.05) is 6.26 Å². The molecule has 27 heavy (non-hydrogen) atoms. The van der Waals surface area contributed by atoms with Gasteiger partial charge in [-0.1, -0.05) is 30.0 Å². The van der Waals surface area contributed by atoms with Crippen LogP contribution in [0.15, 0.2) is 47.9 Å². The summed E-state index contributed by atoms with van der Waals surface area (Å²) in [5, 5.41) is 8.07. The molecule has 0 aliphatic heterocycles. The molecule has 0 aliphatic carbocycles. The van der Waals surface area contributed by atoms with Crippen LogP contribution in [0, 0.1) is 13.8 Å². The van der Waals surface area contributed by atoms with Crippen LogP contribution in [-0.4, -0.2) is 31.9 Å². The zero-order chi connectivity index (χ0) is 19.2. The van der Waals surface area contributed by atoms with Gasteiger partial charge < -0.3 is 5.32 Å². The minimum atomic E-state index is 0.00945. The molecule has 0 bridgehead atoms. The zero-order valence-corrected chi connectivity index (χ0v) is 16.6. The Morgan fingerprint density at radius 2 is 1.85 bits per heavy atom. The molecule has 3 aromatic rings. The van der Waals surface area contributed by atoms with Crippen LogP contribution in [0.5, 0.6) is 0 Å². The SMILES string of the molecule is CSc1nc(C)c(CCC(=O)NCc2cnn(-c3ccccc3)c2)c(C)n1.